The third-order valence-electron chi connectivity index (χ3n) is 3.54. The summed E-state index contributed by atoms with van der Waals surface area (Å²) < 4.78 is 11.1. The zero-order valence-corrected chi connectivity index (χ0v) is 14.1. The molecule has 0 heterocycles. The molecule has 2 aromatic rings. The van der Waals surface area contributed by atoms with E-state index in [2.05, 4.69) is 5.32 Å². The highest BCUT2D eigenvalue weighted by Crippen LogP contribution is 2.30. The third-order valence-corrected chi connectivity index (χ3v) is 3.54. The van der Waals surface area contributed by atoms with Gasteiger partial charge in [0.25, 0.3) is 0 Å². The highest BCUT2D eigenvalue weighted by Gasteiger charge is 2.06. The van der Waals surface area contributed by atoms with E-state index in [4.69, 9.17) is 15.2 Å². The lowest BCUT2D eigenvalue weighted by molar-refractivity contribution is -0.121. The van der Waals surface area contributed by atoms with Crippen LogP contribution in [0.15, 0.2) is 48.5 Å². The van der Waals surface area contributed by atoms with Gasteiger partial charge in [-0.15, -0.1) is 0 Å². The van der Waals surface area contributed by atoms with Crippen LogP contribution in [0.1, 0.15) is 25.3 Å². The molecular weight excluding hydrogens is 304 g/mol. The van der Waals surface area contributed by atoms with Gasteiger partial charge in [0.05, 0.1) is 7.11 Å². The second-order valence-electron chi connectivity index (χ2n) is 5.69. The van der Waals surface area contributed by atoms with Crippen molar-refractivity contribution in [3.8, 4) is 17.2 Å². The Morgan fingerprint density at radius 2 is 1.79 bits per heavy atom. The number of carbonyl (C=O) groups excluding carboxylic acids is 1. The van der Waals surface area contributed by atoms with Crippen LogP contribution in [-0.2, 0) is 11.3 Å². The highest BCUT2D eigenvalue weighted by atomic mass is 16.5. The summed E-state index contributed by atoms with van der Waals surface area (Å²) in [5, 5.41) is 2.89. The summed E-state index contributed by atoms with van der Waals surface area (Å²) in [6.07, 6.45) is 1.14. The zero-order valence-electron chi connectivity index (χ0n) is 14.1. The van der Waals surface area contributed by atoms with Crippen molar-refractivity contribution in [2.75, 3.05) is 7.11 Å². The molecule has 0 saturated heterocycles. The number of hydrogen-bond acceptors (Lipinski definition) is 4. The predicted molar refractivity (Wildman–Crippen MR) is 94.2 cm³/mol. The molecule has 0 radical (unpaired) electrons. The van der Waals surface area contributed by atoms with E-state index in [1.54, 1.807) is 7.11 Å². The van der Waals surface area contributed by atoms with Crippen LogP contribution in [-0.4, -0.2) is 19.1 Å². The predicted octanol–water partition coefficient (Wildman–Crippen LogP) is 3.23. The van der Waals surface area contributed by atoms with Gasteiger partial charge in [-0.3, -0.25) is 4.79 Å². The summed E-state index contributed by atoms with van der Waals surface area (Å²) in [7, 11) is 1.61. The molecule has 0 aliphatic carbocycles. The smallest absolute Gasteiger partial charge is 0.220 e. The van der Waals surface area contributed by atoms with E-state index in [0.717, 1.165) is 5.56 Å². The van der Waals surface area contributed by atoms with E-state index in [-0.39, 0.29) is 11.9 Å². The van der Waals surface area contributed by atoms with Crippen LogP contribution in [0.25, 0.3) is 0 Å². The molecule has 2 rings (SSSR count). The fourth-order valence-corrected chi connectivity index (χ4v) is 2.15. The standard InChI is InChI=1S/C19H24N2O3/c1-14(20)7-12-19(22)21-13-15-8-10-16(11-9-15)24-18-6-4-3-5-17(18)23-2/h3-6,8-11,14H,7,12-13,20H2,1-2H3,(H,21,22). The monoisotopic (exact) mass is 328 g/mol. The molecule has 0 aromatic heterocycles. The fourth-order valence-electron chi connectivity index (χ4n) is 2.15. The molecule has 5 heteroatoms. The summed E-state index contributed by atoms with van der Waals surface area (Å²) in [4.78, 5) is 11.7. The van der Waals surface area contributed by atoms with Crippen LogP contribution >= 0.6 is 0 Å². The first-order valence-electron chi connectivity index (χ1n) is 8.00. The molecule has 0 aliphatic rings. The molecule has 0 spiro atoms. The van der Waals surface area contributed by atoms with Gasteiger partial charge in [-0.25, -0.2) is 0 Å². The average molecular weight is 328 g/mol. The summed E-state index contributed by atoms with van der Waals surface area (Å²) in [5.41, 5.74) is 6.66. The van der Waals surface area contributed by atoms with Gasteiger partial charge < -0.3 is 20.5 Å². The quantitative estimate of drug-likeness (QED) is 0.780. The fraction of sp³-hybridized carbons (Fsp3) is 0.316. The molecule has 0 saturated carbocycles. The van der Waals surface area contributed by atoms with Crippen molar-refractivity contribution in [3.05, 3.63) is 54.1 Å². The number of benzene rings is 2. The molecular formula is C19H24N2O3. The van der Waals surface area contributed by atoms with E-state index in [0.29, 0.717) is 36.6 Å². The van der Waals surface area contributed by atoms with Gasteiger partial charge in [-0.1, -0.05) is 24.3 Å². The van der Waals surface area contributed by atoms with E-state index >= 15 is 0 Å². The minimum absolute atomic E-state index is 0.0154. The lowest BCUT2D eigenvalue weighted by Crippen LogP contribution is -2.25. The van der Waals surface area contributed by atoms with E-state index < -0.39 is 0 Å². The Balaban J connectivity index is 1.88. The second kappa shape index (κ2) is 8.93. The Hall–Kier alpha value is -2.53. The number of nitrogens with two attached hydrogens (primary N) is 1. The van der Waals surface area contributed by atoms with Crippen LogP contribution in [0.5, 0.6) is 17.2 Å². The molecule has 0 aliphatic heterocycles. The molecule has 1 amide bonds. The van der Waals surface area contributed by atoms with E-state index in [1.807, 2.05) is 55.5 Å². The van der Waals surface area contributed by atoms with Crippen LogP contribution in [0, 0.1) is 0 Å². The molecule has 1 atom stereocenters. The van der Waals surface area contributed by atoms with Crippen LogP contribution in [0.4, 0.5) is 0 Å². The molecule has 5 nitrogen and oxygen atoms in total. The molecule has 2 aromatic carbocycles. The lowest BCUT2D eigenvalue weighted by Gasteiger charge is -2.11. The van der Waals surface area contributed by atoms with Gasteiger partial charge in [-0.2, -0.15) is 0 Å². The number of nitrogens with one attached hydrogen (secondary N) is 1. The van der Waals surface area contributed by atoms with Crippen LogP contribution < -0.4 is 20.5 Å². The minimum Gasteiger partial charge on any atom is -0.493 e. The Morgan fingerprint density at radius 3 is 2.42 bits per heavy atom. The van der Waals surface area contributed by atoms with Gasteiger partial charge in [0.2, 0.25) is 5.91 Å². The zero-order chi connectivity index (χ0) is 17.4. The molecule has 0 fully saturated rings. The number of hydrogen-bond donors (Lipinski definition) is 2. The van der Waals surface area contributed by atoms with Gasteiger partial charge in [0.15, 0.2) is 11.5 Å². The number of rotatable bonds is 8. The Bertz CT molecular complexity index is 654. The maximum Gasteiger partial charge on any atom is 0.220 e. The molecule has 128 valence electrons. The van der Waals surface area contributed by atoms with Crippen LogP contribution in [0.2, 0.25) is 0 Å². The largest absolute Gasteiger partial charge is 0.493 e. The summed E-state index contributed by atoms with van der Waals surface area (Å²) in [5.74, 6) is 2.08. The van der Waals surface area contributed by atoms with Crippen molar-refractivity contribution in [1.82, 2.24) is 5.32 Å². The topological polar surface area (TPSA) is 73.6 Å². The summed E-state index contributed by atoms with van der Waals surface area (Å²) in [6, 6.07) is 15.1. The summed E-state index contributed by atoms with van der Waals surface area (Å²) >= 11 is 0. The van der Waals surface area contributed by atoms with Gasteiger partial charge in [-0.05, 0) is 43.2 Å². The van der Waals surface area contributed by atoms with Crippen molar-refractivity contribution in [1.29, 1.82) is 0 Å². The van der Waals surface area contributed by atoms with Crippen molar-refractivity contribution >= 4 is 5.91 Å². The average Bonchev–Trinajstić information content (AvgIpc) is 2.60. The Morgan fingerprint density at radius 1 is 1.12 bits per heavy atom. The van der Waals surface area contributed by atoms with Crippen molar-refractivity contribution in [2.45, 2.75) is 32.4 Å². The first-order chi connectivity index (χ1) is 11.6. The van der Waals surface area contributed by atoms with Gasteiger partial charge in [0, 0.05) is 19.0 Å². The van der Waals surface area contributed by atoms with Gasteiger partial charge in [0.1, 0.15) is 5.75 Å². The molecule has 3 N–H and O–H groups in total. The normalized spacial score (nSPS) is 11.6. The van der Waals surface area contributed by atoms with Crippen LogP contribution in [0.3, 0.4) is 0 Å². The first-order valence-corrected chi connectivity index (χ1v) is 8.00. The van der Waals surface area contributed by atoms with Crippen molar-refractivity contribution in [2.24, 2.45) is 5.73 Å². The molecule has 0 bridgehead atoms. The number of ether oxygens (including phenoxy) is 2. The number of methoxy groups -OCH3 is 1. The number of carbonyl (C=O) groups is 1. The third kappa shape index (κ3) is 5.59. The Labute approximate surface area is 142 Å². The molecule has 1 unspecified atom stereocenters. The SMILES string of the molecule is COc1ccccc1Oc1ccc(CNC(=O)CCC(C)N)cc1. The second-order valence-corrected chi connectivity index (χ2v) is 5.69. The maximum atomic E-state index is 11.7. The van der Waals surface area contributed by atoms with Gasteiger partial charge >= 0.3 is 0 Å². The molecule has 24 heavy (non-hydrogen) atoms. The minimum atomic E-state index is 0.0154. The number of para-hydroxylation sites is 2. The maximum absolute atomic E-state index is 11.7. The van der Waals surface area contributed by atoms with E-state index in [1.165, 1.54) is 0 Å². The van der Waals surface area contributed by atoms with Crippen molar-refractivity contribution < 1.29 is 14.3 Å². The lowest BCUT2D eigenvalue weighted by atomic mass is 10.2. The summed E-state index contributed by atoms with van der Waals surface area (Å²) in [6.45, 7) is 2.39. The van der Waals surface area contributed by atoms with Crippen molar-refractivity contribution in [3.63, 3.8) is 0 Å². The van der Waals surface area contributed by atoms with E-state index in [9.17, 15) is 4.79 Å². The Kier molecular flexibility index (Phi) is 6.63. The number of amides is 1. The first kappa shape index (κ1) is 17.8. The highest BCUT2D eigenvalue weighted by molar-refractivity contribution is 5.75.